The summed E-state index contributed by atoms with van der Waals surface area (Å²) in [4.78, 5) is 5.67. The average Bonchev–Trinajstić information content (AvgIpc) is 3.55. The molecular formula is C26H33N5O2S. The second-order valence-electron chi connectivity index (χ2n) is 10.5. The lowest BCUT2D eigenvalue weighted by molar-refractivity contribution is 0.417. The maximum atomic E-state index is 13.1. The molecule has 8 heteroatoms. The fraction of sp³-hybridized carbons (Fsp3) is 0.538. The first kappa shape index (κ1) is 22.0. The number of rotatable bonds is 5. The Hall–Kier alpha value is -2.45. The van der Waals surface area contributed by atoms with Gasteiger partial charge in [-0.15, -0.1) is 10.2 Å². The monoisotopic (exact) mass is 479 g/mol. The number of nitrogens with two attached hydrogens (primary N) is 1. The Morgan fingerprint density at radius 1 is 1.03 bits per heavy atom. The van der Waals surface area contributed by atoms with Crippen molar-refractivity contribution in [2.24, 2.45) is 17.6 Å². The SMILES string of the molecule is N[C@H]1C[C@@H]2CN(c3ccc(S(=O)(=O)C4CCCCC4)nn3)[C@@H](Cc3ccc4cc[nH]c4c3)[C@H]2C1. The van der Waals surface area contributed by atoms with E-state index in [1.54, 1.807) is 6.07 Å². The van der Waals surface area contributed by atoms with Crippen molar-refractivity contribution in [3.8, 4) is 0 Å². The Morgan fingerprint density at radius 2 is 1.88 bits per heavy atom. The molecule has 3 N–H and O–H groups in total. The maximum absolute atomic E-state index is 13.1. The highest BCUT2D eigenvalue weighted by Gasteiger charge is 2.47. The van der Waals surface area contributed by atoms with Crippen molar-refractivity contribution in [2.75, 3.05) is 11.4 Å². The summed E-state index contributed by atoms with van der Waals surface area (Å²) >= 11 is 0. The molecule has 0 spiro atoms. The second kappa shape index (κ2) is 8.64. The highest BCUT2D eigenvalue weighted by Crippen LogP contribution is 2.44. The van der Waals surface area contributed by atoms with E-state index in [4.69, 9.17) is 5.73 Å². The molecule has 2 aliphatic carbocycles. The smallest absolute Gasteiger partial charge is 0.200 e. The first-order valence-electron chi connectivity index (χ1n) is 12.6. The van der Waals surface area contributed by atoms with Gasteiger partial charge in [-0.25, -0.2) is 8.42 Å². The number of nitrogens with one attached hydrogen (secondary N) is 1. The molecule has 180 valence electrons. The first-order valence-corrected chi connectivity index (χ1v) is 14.2. The van der Waals surface area contributed by atoms with Crippen molar-refractivity contribution < 1.29 is 8.42 Å². The highest BCUT2D eigenvalue weighted by atomic mass is 32.2. The van der Waals surface area contributed by atoms with Gasteiger partial charge in [-0.05, 0) is 79.2 Å². The fourth-order valence-electron chi connectivity index (χ4n) is 6.65. The normalized spacial score (nSPS) is 28.0. The van der Waals surface area contributed by atoms with Gasteiger partial charge in [0.05, 0.1) is 5.25 Å². The summed E-state index contributed by atoms with van der Waals surface area (Å²) in [6, 6.07) is 12.8. The van der Waals surface area contributed by atoms with Crippen LogP contribution in [-0.2, 0) is 16.3 Å². The molecule has 1 aliphatic heterocycles. The predicted octanol–water partition coefficient (Wildman–Crippen LogP) is 3.85. The van der Waals surface area contributed by atoms with Gasteiger partial charge in [0, 0.05) is 30.3 Å². The van der Waals surface area contributed by atoms with Gasteiger partial charge in [0.2, 0.25) is 0 Å². The van der Waals surface area contributed by atoms with Gasteiger partial charge in [-0.3, -0.25) is 0 Å². The van der Waals surface area contributed by atoms with Gasteiger partial charge >= 0.3 is 0 Å². The van der Waals surface area contributed by atoms with Crippen LogP contribution in [-0.4, -0.2) is 47.5 Å². The van der Waals surface area contributed by atoms with Crippen LogP contribution in [0.1, 0.15) is 50.5 Å². The minimum atomic E-state index is -3.41. The standard InChI is InChI=1S/C26H33N5O2S/c27-20-14-19-16-31(24(22(19)15-20)13-17-6-7-18-10-11-28-23(18)12-17)25-8-9-26(30-29-25)34(32,33)21-4-2-1-3-5-21/h6-12,19-22,24,28H,1-5,13-16,27H2/t19-,20+,22+,24+/m1/s1. The van der Waals surface area contributed by atoms with Gasteiger partial charge in [-0.1, -0.05) is 31.4 Å². The van der Waals surface area contributed by atoms with Crippen LogP contribution in [0.3, 0.4) is 0 Å². The van der Waals surface area contributed by atoms with Crippen LogP contribution < -0.4 is 10.6 Å². The zero-order valence-electron chi connectivity index (χ0n) is 19.4. The summed E-state index contributed by atoms with van der Waals surface area (Å²) in [5.41, 5.74) is 8.78. The molecule has 34 heavy (non-hydrogen) atoms. The second-order valence-corrected chi connectivity index (χ2v) is 12.7. The van der Waals surface area contributed by atoms with E-state index < -0.39 is 9.84 Å². The van der Waals surface area contributed by atoms with E-state index >= 15 is 0 Å². The Bertz CT molecular complexity index is 1270. The number of anilines is 1. The molecule has 2 saturated carbocycles. The molecule has 0 bridgehead atoms. The summed E-state index contributed by atoms with van der Waals surface area (Å²) in [5, 5.41) is 9.73. The first-order chi connectivity index (χ1) is 16.5. The minimum Gasteiger partial charge on any atom is -0.361 e. The van der Waals surface area contributed by atoms with Crippen molar-refractivity contribution in [1.82, 2.24) is 15.2 Å². The molecule has 3 fully saturated rings. The lowest BCUT2D eigenvalue weighted by Crippen LogP contribution is -2.37. The zero-order chi connectivity index (χ0) is 23.3. The molecule has 0 unspecified atom stereocenters. The van der Waals surface area contributed by atoms with Gasteiger partial charge in [0.25, 0.3) is 0 Å². The number of hydrogen-bond acceptors (Lipinski definition) is 6. The van der Waals surface area contributed by atoms with Crippen molar-refractivity contribution in [3.63, 3.8) is 0 Å². The predicted molar refractivity (Wildman–Crippen MR) is 133 cm³/mol. The number of hydrogen-bond donors (Lipinski definition) is 2. The van der Waals surface area contributed by atoms with E-state index in [-0.39, 0.29) is 22.4 Å². The van der Waals surface area contributed by atoms with Gasteiger partial charge in [0.1, 0.15) is 0 Å². The van der Waals surface area contributed by atoms with Crippen LogP contribution in [0.2, 0.25) is 0 Å². The molecule has 4 atom stereocenters. The molecule has 3 heterocycles. The molecule has 0 radical (unpaired) electrons. The molecule has 3 aliphatic rings. The number of aromatic nitrogens is 3. The zero-order valence-corrected chi connectivity index (χ0v) is 20.3. The van der Waals surface area contributed by atoms with E-state index in [0.717, 1.165) is 69.2 Å². The van der Waals surface area contributed by atoms with Gasteiger partial charge in [0.15, 0.2) is 20.7 Å². The Labute approximate surface area is 201 Å². The van der Waals surface area contributed by atoms with Crippen molar-refractivity contribution in [2.45, 2.75) is 73.7 Å². The third-order valence-corrected chi connectivity index (χ3v) is 10.5. The Balaban J connectivity index is 1.27. The number of benzene rings is 1. The number of aromatic amines is 1. The highest BCUT2D eigenvalue weighted by molar-refractivity contribution is 7.92. The Morgan fingerprint density at radius 3 is 2.68 bits per heavy atom. The fourth-order valence-corrected chi connectivity index (χ4v) is 8.36. The van der Waals surface area contributed by atoms with Crippen LogP contribution in [0, 0.1) is 11.8 Å². The maximum Gasteiger partial charge on any atom is 0.200 e. The third kappa shape index (κ3) is 3.90. The quantitative estimate of drug-likeness (QED) is 0.576. The minimum absolute atomic E-state index is 0.123. The summed E-state index contributed by atoms with van der Waals surface area (Å²) in [7, 11) is -3.41. The summed E-state index contributed by atoms with van der Waals surface area (Å²) in [6.45, 7) is 0.900. The van der Waals surface area contributed by atoms with E-state index in [0.29, 0.717) is 11.8 Å². The van der Waals surface area contributed by atoms with E-state index in [9.17, 15) is 8.42 Å². The van der Waals surface area contributed by atoms with Crippen LogP contribution in [0.4, 0.5) is 5.82 Å². The van der Waals surface area contributed by atoms with E-state index in [1.165, 1.54) is 10.9 Å². The number of fused-ring (bicyclic) bond motifs is 2. The molecule has 1 saturated heterocycles. The number of sulfone groups is 1. The molecule has 1 aromatic carbocycles. The lowest BCUT2D eigenvalue weighted by Gasteiger charge is -2.29. The summed E-state index contributed by atoms with van der Waals surface area (Å²) in [6.07, 6.45) is 9.48. The molecule has 0 amide bonds. The van der Waals surface area contributed by atoms with E-state index in [2.05, 4.69) is 44.3 Å². The molecule has 6 rings (SSSR count). The van der Waals surface area contributed by atoms with Crippen molar-refractivity contribution >= 4 is 26.6 Å². The molecule has 7 nitrogen and oxygen atoms in total. The molecule has 2 aromatic heterocycles. The van der Waals surface area contributed by atoms with Crippen LogP contribution in [0.5, 0.6) is 0 Å². The van der Waals surface area contributed by atoms with Crippen molar-refractivity contribution in [1.29, 1.82) is 0 Å². The summed E-state index contributed by atoms with van der Waals surface area (Å²) in [5.74, 6) is 1.83. The topological polar surface area (TPSA) is 105 Å². The Kier molecular flexibility index (Phi) is 5.60. The van der Waals surface area contributed by atoms with Gasteiger partial charge < -0.3 is 15.6 Å². The van der Waals surface area contributed by atoms with Gasteiger partial charge in [-0.2, -0.15) is 0 Å². The average molecular weight is 480 g/mol. The molecular weight excluding hydrogens is 446 g/mol. The summed E-state index contributed by atoms with van der Waals surface area (Å²) < 4.78 is 26.1. The number of nitrogens with zero attached hydrogens (tertiary/aromatic N) is 3. The van der Waals surface area contributed by atoms with E-state index in [1.807, 2.05) is 12.3 Å². The van der Waals surface area contributed by atoms with Crippen LogP contribution in [0.15, 0.2) is 47.6 Å². The number of H-pyrrole nitrogens is 1. The van der Waals surface area contributed by atoms with Crippen LogP contribution in [0.25, 0.3) is 10.9 Å². The third-order valence-electron chi connectivity index (χ3n) is 8.38. The van der Waals surface area contributed by atoms with Crippen molar-refractivity contribution in [3.05, 3.63) is 48.2 Å². The lowest BCUT2D eigenvalue weighted by atomic mass is 9.89. The molecule has 3 aromatic rings. The van der Waals surface area contributed by atoms with Crippen LogP contribution >= 0.6 is 0 Å². The largest absolute Gasteiger partial charge is 0.361 e.